The molecule has 1 fully saturated rings. The molecule has 0 aromatic heterocycles. The molecule has 0 saturated carbocycles. The van der Waals surface area contributed by atoms with Crippen molar-refractivity contribution in [2.75, 3.05) is 12.4 Å². The fraction of sp³-hybridized carbons (Fsp3) is 0.381. The first kappa shape index (κ1) is 22.3. The number of benzene rings is 2. The minimum Gasteiger partial charge on any atom is -0.464 e. The molecule has 3 rings (SSSR count). The van der Waals surface area contributed by atoms with E-state index < -0.39 is 51.8 Å². The quantitative estimate of drug-likeness (QED) is 0.694. The maximum absolute atomic E-state index is 14.3. The Morgan fingerprint density at radius 1 is 1.13 bits per heavy atom. The number of ether oxygens (including phenoxy) is 1. The molecule has 0 amide bonds. The molecule has 1 heterocycles. The van der Waals surface area contributed by atoms with Gasteiger partial charge in [0.05, 0.1) is 17.3 Å². The molecule has 2 aromatic rings. The normalized spacial score (nSPS) is 23.2. The third-order valence-electron chi connectivity index (χ3n) is 5.34. The highest BCUT2D eigenvalue weighted by atomic mass is 32.2. The highest BCUT2D eigenvalue weighted by Gasteiger charge is 2.70. The summed E-state index contributed by atoms with van der Waals surface area (Å²) in [5, 5.41) is 2.37. The van der Waals surface area contributed by atoms with Crippen LogP contribution in [0.2, 0.25) is 0 Å². The number of esters is 1. The summed E-state index contributed by atoms with van der Waals surface area (Å²) < 4.78 is 73.2. The summed E-state index contributed by atoms with van der Waals surface area (Å²) in [4.78, 5) is 12.3. The second-order valence-electron chi connectivity index (χ2n) is 7.47. The van der Waals surface area contributed by atoms with Gasteiger partial charge in [0, 0.05) is 12.0 Å². The van der Waals surface area contributed by atoms with Crippen LogP contribution < -0.4 is 5.32 Å². The van der Waals surface area contributed by atoms with E-state index in [9.17, 15) is 26.4 Å². The van der Waals surface area contributed by atoms with E-state index in [-0.39, 0.29) is 4.90 Å². The van der Waals surface area contributed by atoms with E-state index in [1.165, 1.54) is 19.1 Å². The van der Waals surface area contributed by atoms with Gasteiger partial charge in [-0.1, -0.05) is 48.0 Å². The van der Waals surface area contributed by atoms with Crippen LogP contribution in [-0.2, 0) is 19.4 Å². The number of aryl methyl sites for hydroxylation is 1. The molecule has 1 saturated heterocycles. The molecule has 1 unspecified atom stereocenters. The molecule has 2 aromatic carbocycles. The van der Waals surface area contributed by atoms with E-state index >= 15 is 0 Å². The van der Waals surface area contributed by atoms with Gasteiger partial charge < -0.3 is 4.74 Å². The summed E-state index contributed by atoms with van der Waals surface area (Å²) in [6, 6.07) is 13.3. The summed E-state index contributed by atoms with van der Waals surface area (Å²) in [7, 11) is -4.09. The standard InChI is InChI=1S/C21H22F3NO4S/c1-14-8-10-18(11-9-14)30(27,28)13-17-12-29-19(26)20(17,21(22,23)24)25-15(2)16-6-4-3-5-7-16/h3-11,15,17,25H,12-13H2,1-2H3/t15?,17-,20+/m1/s1. The Morgan fingerprint density at radius 2 is 1.73 bits per heavy atom. The number of cyclic esters (lactones) is 1. The molecule has 1 aliphatic heterocycles. The minimum atomic E-state index is -5.06. The largest absolute Gasteiger partial charge is 0.464 e. The number of nitrogens with one attached hydrogen (secondary N) is 1. The molecule has 162 valence electrons. The lowest BCUT2D eigenvalue weighted by Crippen LogP contribution is -2.65. The first-order valence-corrected chi connectivity index (χ1v) is 11.0. The second kappa shape index (κ2) is 8.03. The lowest BCUT2D eigenvalue weighted by molar-refractivity contribution is -0.209. The number of alkyl halides is 3. The monoisotopic (exact) mass is 441 g/mol. The van der Waals surface area contributed by atoms with Gasteiger partial charge in [-0.2, -0.15) is 13.2 Å². The van der Waals surface area contributed by atoms with E-state index in [4.69, 9.17) is 4.74 Å². The molecule has 9 heteroatoms. The fourth-order valence-electron chi connectivity index (χ4n) is 3.63. The van der Waals surface area contributed by atoms with Crippen molar-refractivity contribution in [3.63, 3.8) is 0 Å². The maximum Gasteiger partial charge on any atom is 0.417 e. The Hall–Kier alpha value is -2.39. The molecule has 3 atom stereocenters. The van der Waals surface area contributed by atoms with Crippen molar-refractivity contribution in [2.45, 2.75) is 36.5 Å². The Labute approximate surface area is 173 Å². The number of sulfone groups is 1. The van der Waals surface area contributed by atoms with Crippen LogP contribution in [0.4, 0.5) is 13.2 Å². The first-order chi connectivity index (χ1) is 14.0. The average Bonchev–Trinajstić information content (AvgIpc) is 2.99. The van der Waals surface area contributed by atoms with Crippen LogP contribution in [0.3, 0.4) is 0 Å². The smallest absolute Gasteiger partial charge is 0.417 e. The summed E-state index contributed by atoms with van der Waals surface area (Å²) in [5.41, 5.74) is -1.78. The van der Waals surface area contributed by atoms with Crippen molar-refractivity contribution in [3.05, 3.63) is 65.7 Å². The van der Waals surface area contributed by atoms with Gasteiger partial charge in [-0.25, -0.2) is 13.2 Å². The Bertz CT molecular complexity index is 1010. The number of halogens is 3. The van der Waals surface area contributed by atoms with Gasteiger partial charge in [-0.3, -0.25) is 5.32 Å². The molecular formula is C21H22F3NO4S. The van der Waals surface area contributed by atoms with Crippen LogP contribution in [0.1, 0.15) is 24.1 Å². The van der Waals surface area contributed by atoms with Crippen molar-refractivity contribution in [1.82, 2.24) is 5.32 Å². The maximum atomic E-state index is 14.3. The fourth-order valence-corrected chi connectivity index (χ4v) is 5.25. The highest BCUT2D eigenvalue weighted by molar-refractivity contribution is 7.91. The van der Waals surface area contributed by atoms with Crippen LogP contribution in [0, 0.1) is 12.8 Å². The molecule has 0 spiro atoms. The van der Waals surface area contributed by atoms with Gasteiger partial charge >= 0.3 is 12.1 Å². The number of hydrogen-bond acceptors (Lipinski definition) is 5. The van der Waals surface area contributed by atoms with Crippen LogP contribution in [0.15, 0.2) is 59.5 Å². The van der Waals surface area contributed by atoms with Gasteiger partial charge in [0.15, 0.2) is 9.84 Å². The van der Waals surface area contributed by atoms with E-state index in [0.29, 0.717) is 5.56 Å². The van der Waals surface area contributed by atoms with Crippen LogP contribution in [0.5, 0.6) is 0 Å². The van der Waals surface area contributed by atoms with Crippen LogP contribution in [-0.4, -0.2) is 38.5 Å². The molecule has 30 heavy (non-hydrogen) atoms. The topological polar surface area (TPSA) is 72.5 Å². The van der Waals surface area contributed by atoms with Gasteiger partial charge in [0.1, 0.15) is 0 Å². The highest BCUT2D eigenvalue weighted by Crippen LogP contribution is 2.44. The Balaban J connectivity index is 1.98. The molecule has 0 radical (unpaired) electrons. The van der Waals surface area contributed by atoms with Gasteiger partial charge in [0.25, 0.3) is 0 Å². The summed E-state index contributed by atoms with van der Waals surface area (Å²) in [5.74, 6) is -4.03. The van der Waals surface area contributed by atoms with E-state index in [1.807, 2.05) is 0 Å². The number of carbonyl (C=O) groups is 1. The zero-order valence-corrected chi connectivity index (χ0v) is 17.3. The van der Waals surface area contributed by atoms with Crippen LogP contribution >= 0.6 is 0 Å². The zero-order valence-electron chi connectivity index (χ0n) is 16.4. The molecule has 1 N–H and O–H groups in total. The third-order valence-corrected chi connectivity index (χ3v) is 7.17. The van der Waals surface area contributed by atoms with Gasteiger partial charge in [-0.05, 0) is 31.5 Å². The van der Waals surface area contributed by atoms with Crippen molar-refractivity contribution >= 4 is 15.8 Å². The average molecular weight is 441 g/mol. The lowest BCUT2D eigenvalue weighted by Gasteiger charge is -2.36. The van der Waals surface area contributed by atoms with E-state index in [1.54, 1.807) is 49.4 Å². The summed E-state index contributed by atoms with van der Waals surface area (Å²) in [6.07, 6.45) is -5.06. The summed E-state index contributed by atoms with van der Waals surface area (Å²) >= 11 is 0. The van der Waals surface area contributed by atoms with Crippen LogP contribution in [0.25, 0.3) is 0 Å². The molecule has 5 nitrogen and oxygen atoms in total. The Kier molecular flexibility index (Phi) is 5.97. The Morgan fingerprint density at radius 3 is 2.30 bits per heavy atom. The lowest BCUT2D eigenvalue weighted by atomic mass is 9.85. The SMILES string of the molecule is Cc1ccc(S(=O)(=O)C[C@H]2COC(=O)[C@]2(NC(C)c2ccccc2)C(F)(F)F)cc1. The molecule has 0 aliphatic carbocycles. The predicted molar refractivity (Wildman–Crippen MR) is 104 cm³/mol. The van der Waals surface area contributed by atoms with Crippen molar-refractivity contribution in [3.8, 4) is 0 Å². The van der Waals surface area contributed by atoms with E-state index in [0.717, 1.165) is 5.56 Å². The number of hydrogen-bond donors (Lipinski definition) is 1. The number of rotatable bonds is 6. The summed E-state index contributed by atoms with van der Waals surface area (Å²) in [6.45, 7) is 2.61. The van der Waals surface area contributed by atoms with Gasteiger partial charge in [-0.15, -0.1) is 0 Å². The molecule has 0 bridgehead atoms. The first-order valence-electron chi connectivity index (χ1n) is 9.33. The van der Waals surface area contributed by atoms with Crippen molar-refractivity contribution < 1.29 is 31.1 Å². The minimum absolute atomic E-state index is 0.0976. The third kappa shape index (κ3) is 4.09. The van der Waals surface area contributed by atoms with Crippen molar-refractivity contribution in [2.24, 2.45) is 5.92 Å². The molecule has 1 aliphatic rings. The van der Waals surface area contributed by atoms with E-state index in [2.05, 4.69) is 5.32 Å². The second-order valence-corrected chi connectivity index (χ2v) is 9.51. The predicted octanol–water partition coefficient (Wildman–Crippen LogP) is 3.59. The zero-order chi connectivity index (χ0) is 22.2. The van der Waals surface area contributed by atoms with Gasteiger partial charge in [0.2, 0.25) is 5.54 Å². The molecular weight excluding hydrogens is 419 g/mol. The van der Waals surface area contributed by atoms with Crippen molar-refractivity contribution in [1.29, 1.82) is 0 Å². The number of carbonyl (C=O) groups excluding carboxylic acids is 1.